The van der Waals surface area contributed by atoms with Crippen LogP contribution in [-0.4, -0.2) is 22.5 Å². The zero-order chi connectivity index (χ0) is 16.9. The third-order valence-electron chi connectivity index (χ3n) is 3.97. The molecular weight excluding hydrogens is 299 g/mol. The van der Waals surface area contributed by atoms with Gasteiger partial charge in [-0.1, -0.05) is 25.8 Å². The molecule has 6 heteroatoms. The maximum Gasteiger partial charge on any atom is 0.247 e. The maximum absolute atomic E-state index is 13.6. The van der Waals surface area contributed by atoms with Gasteiger partial charge in [-0.25, -0.2) is 4.39 Å². The SMILES string of the molecule is C=CC(=O)Nc1cc(NC(=O)CC2(O)CCCCC2)ccc1F. The lowest BCUT2D eigenvalue weighted by Crippen LogP contribution is -2.35. The van der Waals surface area contributed by atoms with Crippen molar-refractivity contribution in [3.05, 3.63) is 36.7 Å². The molecule has 1 aromatic rings. The summed E-state index contributed by atoms with van der Waals surface area (Å²) in [6.45, 7) is 3.30. The smallest absolute Gasteiger partial charge is 0.247 e. The van der Waals surface area contributed by atoms with E-state index < -0.39 is 17.3 Å². The molecule has 2 amide bonds. The van der Waals surface area contributed by atoms with Gasteiger partial charge in [-0.3, -0.25) is 9.59 Å². The molecule has 1 saturated carbocycles. The molecular formula is C17H21FN2O3. The molecule has 5 nitrogen and oxygen atoms in total. The Balaban J connectivity index is 2.01. The molecule has 0 heterocycles. The van der Waals surface area contributed by atoms with Gasteiger partial charge in [-0.15, -0.1) is 0 Å². The van der Waals surface area contributed by atoms with Crippen LogP contribution >= 0.6 is 0 Å². The monoisotopic (exact) mass is 320 g/mol. The van der Waals surface area contributed by atoms with E-state index >= 15 is 0 Å². The van der Waals surface area contributed by atoms with E-state index in [1.165, 1.54) is 12.1 Å². The van der Waals surface area contributed by atoms with Crippen molar-refractivity contribution in [1.29, 1.82) is 0 Å². The predicted octanol–water partition coefficient (Wildman–Crippen LogP) is 2.97. The summed E-state index contributed by atoms with van der Waals surface area (Å²) in [5.74, 6) is -1.48. The van der Waals surface area contributed by atoms with Gasteiger partial charge in [0.2, 0.25) is 11.8 Å². The van der Waals surface area contributed by atoms with E-state index in [1.807, 2.05) is 0 Å². The quantitative estimate of drug-likeness (QED) is 0.730. The van der Waals surface area contributed by atoms with Crippen LogP contribution < -0.4 is 10.6 Å². The summed E-state index contributed by atoms with van der Waals surface area (Å²) in [5.41, 5.74) is -0.637. The van der Waals surface area contributed by atoms with Gasteiger partial charge in [-0.05, 0) is 37.1 Å². The highest BCUT2D eigenvalue weighted by Crippen LogP contribution is 2.31. The molecule has 0 spiro atoms. The predicted molar refractivity (Wildman–Crippen MR) is 86.5 cm³/mol. The third-order valence-corrected chi connectivity index (χ3v) is 3.97. The molecule has 1 aromatic carbocycles. The van der Waals surface area contributed by atoms with Crippen molar-refractivity contribution in [1.82, 2.24) is 0 Å². The van der Waals surface area contributed by atoms with Crippen LogP contribution in [0.25, 0.3) is 0 Å². The largest absolute Gasteiger partial charge is 0.389 e. The topological polar surface area (TPSA) is 78.4 Å². The summed E-state index contributed by atoms with van der Waals surface area (Å²) < 4.78 is 13.6. The summed E-state index contributed by atoms with van der Waals surface area (Å²) >= 11 is 0. The highest BCUT2D eigenvalue weighted by atomic mass is 19.1. The summed E-state index contributed by atoms with van der Waals surface area (Å²) in [7, 11) is 0. The first kappa shape index (κ1) is 17.1. The Hall–Kier alpha value is -2.21. The molecule has 1 aliphatic carbocycles. The van der Waals surface area contributed by atoms with Gasteiger partial charge >= 0.3 is 0 Å². The van der Waals surface area contributed by atoms with Crippen molar-refractivity contribution in [2.45, 2.75) is 44.1 Å². The molecule has 1 aliphatic rings. The number of carbonyl (C=O) groups is 2. The second kappa shape index (κ2) is 7.37. The van der Waals surface area contributed by atoms with Gasteiger partial charge in [0, 0.05) is 5.69 Å². The van der Waals surface area contributed by atoms with Gasteiger partial charge in [0.25, 0.3) is 0 Å². The molecule has 124 valence electrons. The fraction of sp³-hybridized carbons (Fsp3) is 0.412. The van der Waals surface area contributed by atoms with Gasteiger partial charge in [0.1, 0.15) is 5.82 Å². The zero-order valence-corrected chi connectivity index (χ0v) is 12.9. The number of hydrogen-bond donors (Lipinski definition) is 3. The van der Waals surface area contributed by atoms with Crippen molar-refractivity contribution in [3.63, 3.8) is 0 Å². The average Bonchev–Trinajstić information content (AvgIpc) is 2.50. The van der Waals surface area contributed by atoms with Crippen LogP contribution in [0.2, 0.25) is 0 Å². The number of carbonyl (C=O) groups excluding carboxylic acids is 2. The molecule has 23 heavy (non-hydrogen) atoms. The molecule has 1 fully saturated rings. The highest BCUT2D eigenvalue weighted by molar-refractivity contribution is 5.99. The first-order chi connectivity index (χ1) is 10.9. The molecule has 0 radical (unpaired) electrons. The standard InChI is InChI=1S/C17H21FN2O3/c1-2-15(21)20-14-10-12(6-7-13(14)18)19-16(22)11-17(23)8-4-3-5-9-17/h2,6-7,10,23H,1,3-5,8-9,11H2,(H,19,22)(H,20,21). The van der Waals surface area contributed by atoms with Crippen LogP contribution in [-0.2, 0) is 9.59 Å². The normalized spacial score (nSPS) is 16.4. The molecule has 0 atom stereocenters. The van der Waals surface area contributed by atoms with Crippen LogP contribution in [0.4, 0.5) is 15.8 Å². The number of anilines is 2. The Morgan fingerprint density at radius 1 is 1.26 bits per heavy atom. The third kappa shape index (κ3) is 4.89. The number of nitrogens with one attached hydrogen (secondary N) is 2. The molecule has 0 saturated heterocycles. The van der Waals surface area contributed by atoms with Crippen LogP contribution in [0.3, 0.4) is 0 Å². The number of amides is 2. The van der Waals surface area contributed by atoms with E-state index in [0.29, 0.717) is 18.5 Å². The van der Waals surface area contributed by atoms with Gasteiger partial charge in [-0.2, -0.15) is 0 Å². The Labute approximate surface area is 134 Å². The fourth-order valence-electron chi connectivity index (χ4n) is 2.77. The van der Waals surface area contributed by atoms with Crippen LogP contribution in [0.5, 0.6) is 0 Å². The van der Waals surface area contributed by atoms with E-state index in [0.717, 1.165) is 31.4 Å². The molecule has 3 N–H and O–H groups in total. The minimum atomic E-state index is -0.956. The maximum atomic E-state index is 13.6. The average molecular weight is 320 g/mol. The Kier molecular flexibility index (Phi) is 5.50. The van der Waals surface area contributed by atoms with Crippen molar-refractivity contribution >= 4 is 23.2 Å². The van der Waals surface area contributed by atoms with Crippen molar-refractivity contribution in [2.24, 2.45) is 0 Å². The van der Waals surface area contributed by atoms with E-state index in [2.05, 4.69) is 17.2 Å². The van der Waals surface area contributed by atoms with Crippen molar-refractivity contribution in [2.75, 3.05) is 10.6 Å². The zero-order valence-electron chi connectivity index (χ0n) is 12.9. The van der Waals surface area contributed by atoms with E-state index in [-0.39, 0.29) is 18.0 Å². The van der Waals surface area contributed by atoms with E-state index in [1.54, 1.807) is 0 Å². The number of aliphatic hydroxyl groups is 1. The van der Waals surface area contributed by atoms with Gasteiger partial charge < -0.3 is 15.7 Å². The molecule has 0 aromatic heterocycles. The second-order valence-corrected chi connectivity index (χ2v) is 5.90. The first-order valence-corrected chi connectivity index (χ1v) is 7.67. The summed E-state index contributed by atoms with van der Waals surface area (Å²) in [4.78, 5) is 23.3. The Morgan fingerprint density at radius 2 is 1.96 bits per heavy atom. The summed E-state index contributed by atoms with van der Waals surface area (Å²) in [6.07, 6.45) is 5.18. The Bertz CT molecular complexity index is 610. The van der Waals surface area contributed by atoms with Crippen LogP contribution in [0.15, 0.2) is 30.9 Å². The lowest BCUT2D eigenvalue weighted by molar-refractivity contribution is -0.122. The number of benzene rings is 1. The Morgan fingerprint density at radius 3 is 2.61 bits per heavy atom. The van der Waals surface area contributed by atoms with Crippen molar-refractivity contribution in [3.8, 4) is 0 Å². The highest BCUT2D eigenvalue weighted by Gasteiger charge is 2.31. The van der Waals surface area contributed by atoms with E-state index in [4.69, 9.17) is 0 Å². The molecule has 2 rings (SSSR count). The summed E-state index contributed by atoms with van der Waals surface area (Å²) in [5, 5.41) is 15.3. The lowest BCUT2D eigenvalue weighted by Gasteiger charge is -2.31. The van der Waals surface area contributed by atoms with E-state index in [9.17, 15) is 19.1 Å². The van der Waals surface area contributed by atoms with Crippen LogP contribution in [0, 0.1) is 5.82 Å². The van der Waals surface area contributed by atoms with Gasteiger partial charge in [0.15, 0.2) is 0 Å². The second-order valence-electron chi connectivity index (χ2n) is 5.90. The number of halogens is 1. The summed E-state index contributed by atoms with van der Waals surface area (Å²) in [6, 6.07) is 3.89. The minimum Gasteiger partial charge on any atom is -0.389 e. The van der Waals surface area contributed by atoms with Crippen LogP contribution in [0.1, 0.15) is 38.5 Å². The van der Waals surface area contributed by atoms with Crippen molar-refractivity contribution < 1.29 is 19.1 Å². The van der Waals surface area contributed by atoms with Gasteiger partial charge in [0.05, 0.1) is 17.7 Å². The molecule has 0 unspecified atom stereocenters. The first-order valence-electron chi connectivity index (χ1n) is 7.67. The fourth-order valence-corrected chi connectivity index (χ4v) is 2.77. The minimum absolute atomic E-state index is 0.0126. The molecule has 0 bridgehead atoms. The number of hydrogen-bond acceptors (Lipinski definition) is 3. The molecule has 0 aliphatic heterocycles. The lowest BCUT2D eigenvalue weighted by atomic mass is 9.82. The number of rotatable bonds is 5.